The number of aryl methyl sites for hydroxylation is 1. The maximum atomic E-state index is 12.9. The predicted octanol–water partition coefficient (Wildman–Crippen LogP) is 3.63. The van der Waals surface area contributed by atoms with Crippen LogP contribution in [0, 0.1) is 6.92 Å². The number of hydrogen-bond donors (Lipinski definition) is 2. The Morgan fingerprint density at radius 2 is 1.95 bits per heavy atom. The van der Waals surface area contributed by atoms with Gasteiger partial charge >= 0.3 is 0 Å². The number of hydrogen-bond acceptors (Lipinski definition) is 9. The molecule has 14 heteroatoms. The molecule has 2 aromatic carbocycles. The van der Waals surface area contributed by atoms with Gasteiger partial charge in [0.1, 0.15) is 5.69 Å². The van der Waals surface area contributed by atoms with Crippen LogP contribution in [0.15, 0.2) is 68.9 Å². The fourth-order valence-electron chi connectivity index (χ4n) is 3.54. The molecule has 0 atom stereocenters. The third kappa shape index (κ3) is 5.27. The van der Waals surface area contributed by atoms with Crippen molar-refractivity contribution in [3.05, 3.63) is 86.7 Å². The summed E-state index contributed by atoms with van der Waals surface area (Å²) >= 11 is 9.52. The monoisotopic (exact) mass is 580 g/mol. The lowest BCUT2D eigenvalue weighted by atomic mass is 10.1. The van der Waals surface area contributed by atoms with Crippen LogP contribution in [0.3, 0.4) is 0 Å². The highest BCUT2D eigenvalue weighted by Gasteiger charge is 2.23. The first-order chi connectivity index (χ1) is 17.9. The number of nitrogens with two attached hydrogens (primary N) is 1. The summed E-state index contributed by atoms with van der Waals surface area (Å²) < 4.78 is 8.54. The minimum Gasteiger partial charge on any atom is -0.378 e. The number of nitrogens with zero attached hydrogens (tertiary/aromatic N) is 8. The second-order valence-electron chi connectivity index (χ2n) is 7.87. The third-order valence-corrected chi connectivity index (χ3v) is 6.07. The van der Waals surface area contributed by atoms with Gasteiger partial charge in [0.05, 0.1) is 18.5 Å². The number of carbonyl (C=O) groups excluding carboxylic acids is 1. The molecule has 37 heavy (non-hydrogen) atoms. The van der Waals surface area contributed by atoms with Crippen molar-refractivity contribution in [3.8, 4) is 17.1 Å². The van der Waals surface area contributed by atoms with Gasteiger partial charge in [0.2, 0.25) is 11.6 Å². The van der Waals surface area contributed by atoms with Crippen molar-refractivity contribution in [1.82, 2.24) is 40.5 Å². The van der Waals surface area contributed by atoms with Crippen LogP contribution >= 0.6 is 27.5 Å². The van der Waals surface area contributed by atoms with Crippen LogP contribution in [-0.4, -0.2) is 47.2 Å². The highest BCUT2D eigenvalue weighted by Crippen LogP contribution is 2.24. The average molecular weight is 582 g/mol. The molecule has 3 heterocycles. The van der Waals surface area contributed by atoms with E-state index in [2.05, 4.69) is 51.7 Å². The Morgan fingerprint density at radius 3 is 2.65 bits per heavy atom. The fourth-order valence-corrected chi connectivity index (χ4v) is 3.93. The number of halogens is 2. The highest BCUT2D eigenvalue weighted by molar-refractivity contribution is 9.10. The van der Waals surface area contributed by atoms with Crippen LogP contribution in [-0.2, 0) is 6.54 Å². The van der Waals surface area contributed by atoms with Crippen LogP contribution in [0.2, 0.25) is 5.02 Å². The largest absolute Gasteiger partial charge is 0.378 e. The lowest BCUT2D eigenvalue weighted by Crippen LogP contribution is -2.22. The number of nitrogens with one attached hydrogen (secondary N) is 1. The molecule has 0 spiro atoms. The Balaban J connectivity index is 1.41. The van der Waals surface area contributed by atoms with Gasteiger partial charge in [0, 0.05) is 26.8 Å². The second-order valence-corrected chi connectivity index (χ2v) is 9.22. The SMILES string of the molecule is Cc1nnn(-c2nonc2N)c1C(=O)N/N=C\c1cn(Cc2ccc(Br)cc2)nc1-c1ccc(Cl)cc1. The normalized spacial score (nSPS) is 11.3. The maximum Gasteiger partial charge on any atom is 0.292 e. The topological polar surface area (TPSA) is 155 Å². The molecule has 0 fully saturated rings. The Morgan fingerprint density at radius 1 is 1.19 bits per heavy atom. The van der Waals surface area contributed by atoms with E-state index in [0.717, 1.165) is 20.3 Å². The molecule has 0 bridgehead atoms. The Labute approximate surface area is 223 Å². The van der Waals surface area contributed by atoms with Gasteiger partial charge in [-0.2, -0.15) is 14.9 Å². The number of rotatable bonds is 7. The fraction of sp³-hybridized carbons (Fsp3) is 0.0870. The van der Waals surface area contributed by atoms with Crippen molar-refractivity contribution in [2.45, 2.75) is 13.5 Å². The molecule has 0 radical (unpaired) electrons. The molecule has 186 valence electrons. The van der Waals surface area contributed by atoms with Gasteiger partial charge in [-0.1, -0.05) is 57.0 Å². The van der Waals surface area contributed by atoms with Gasteiger partial charge < -0.3 is 5.73 Å². The first-order valence-electron chi connectivity index (χ1n) is 10.8. The molecular weight excluding hydrogens is 564 g/mol. The van der Waals surface area contributed by atoms with Gasteiger partial charge in [0.15, 0.2) is 5.69 Å². The lowest BCUT2D eigenvalue weighted by molar-refractivity contribution is 0.0946. The Hall–Kier alpha value is -4.36. The molecular formula is C23H18BrClN10O2. The van der Waals surface area contributed by atoms with Crippen molar-refractivity contribution in [2.75, 3.05) is 5.73 Å². The number of nitrogen functional groups attached to an aromatic ring is 1. The first-order valence-corrected chi connectivity index (χ1v) is 12.0. The number of anilines is 1. The molecule has 5 aromatic rings. The second kappa shape index (κ2) is 10.3. The lowest BCUT2D eigenvalue weighted by Gasteiger charge is -2.03. The quantitative estimate of drug-likeness (QED) is 0.218. The Bertz CT molecular complexity index is 1590. The van der Waals surface area contributed by atoms with Crippen molar-refractivity contribution in [3.63, 3.8) is 0 Å². The zero-order valence-corrected chi connectivity index (χ0v) is 21.6. The summed E-state index contributed by atoms with van der Waals surface area (Å²) in [5.74, 6) is -0.557. The van der Waals surface area contributed by atoms with E-state index in [9.17, 15) is 4.79 Å². The number of aromatic nitrogens is 7. The van der Waals surface area contributed by atoms with Crippen LogP contribution in [0.4, 0.5) is 5.82 Å². The summed E-state index contributed by atoms with van der Waals surface area (Å²) in [5, 5.41) is 24.5. The standard InChI is InChI=1S/C23H18BrClN10O2/c1-13-20(35(33-28-13)22-21(26)31-37-32-22)23(36)29-27-10-16-12-34(11-14-2-6-17(24)7-3-14)30-19(16)15-4-8-18(25)9-5-15/h2-10,12H,11H2,1H3,(H2,26,31)(H,29,36)/b27-10-. The molecule has 0 saturated carbocycles. The molecule has 5 rings (SSSR count). The zero-order chi connectivity index (χ0) is 25.9. The molecule has 0 aliphatic carbocycles. The van der Waals surface area contributed by atoms with Crippen molar-refractivity contribution < 1.29 is 9.42 Å². The van der Waals surface area contributed by atoms with Crippen LogP contribution in [0.1, 0.15) is 27.3 Å². The summed E-state index contributed by atoms with van der Waals surface area (Å²) in [7, 11) is 0. The summed E-state index contributed by atoms with van der Waals surface area (Å²) in [5.41, 5.74) is 11.9. The molecule has 0 saturated heterocycles. The van der Waals surface area contributed by atoms with Gasteiger partial charge in [-0.25, -0.2) is 10.1 Å². The smallest absolute Gasteiger partial charge is 0.292 e. The molecule has 0 aliphatic rings. The van der Waals surface area contributed by atoms with E-state index in [1.54, 1.807) is 23.7 Å². The number of amides is 1. The first kappa shape index (κ1) is 24.3. The van der Waals surface area contributed by atoms with E-state index in [-0.39, 0.29) is 17.3 Å². The minimum absolute atomic E-state index is 0.0340. The van der Waals surface area contributed by atoms with Gasteiger partial charge in [0.25, 0.3) is 5.91 Å². The molecule has 0 aliphatic heterocycles. The number of benzene rings is 2. The van der Waals surface area contributed by atoms with Crippen molar-refractivity contribution in [1.29, 1.82) is 0 Å². The van der Waals surface area contributed by atoms with E-state index in [1.165, 1.54) is 6.21 Å². The molecule has 1 amide bonds. The van der Waals surface area contributed by atoms with Gasteiger partial charge in [-0.3, -0.25) is 9.48 Å². The molecule has 12 nitrogen and oxygen atoms in total. The van der Waals surface area contributed by atoms with E-state index in [0.29, 0.717) is 28.5 Å². The van der Waals surface area contributed by atoms with E-state index in [4.69, 9.17) is 22.4 Å². The van der Waals surface area contributed by atoms with Crippen molar-refractivity contribution >= 4 is 45.5 Å². The highest BCUT2D eigenvalue weighted by atomic mass is 79.9. The third-order valence-electron chi connectivity index (χ3n) is 5.29. The van der Waals surface area contributed by atoms with E-state index < -0.39 is 5.91 Å². The minimum atomic E-state index is -0.573. The summed E-state index contributed by atoms with van der Waals surface area (Å²) in [6, 6.07) is 15.3. The molecule has 3 N–H and O–H groups in total. The average Bonchev–Trinajstić information content (AvgIpc) is 3.59. The van der Waals surface area contributed by atoms with Gasteiger partial charge in [-0.15, -0.1) is 5.10 Å². The summed E-state index contributed by atoms with van der Waals surface area (Å²) in [4.78, 5) is 12.9. The van der Waals surface area contributed by atoms with Crippen LogP contribution in [0.5, 0.6) is 0 Å². The van der Waals surface area contributed by atoms with Crippen molar-refractivity contribution in [2.24, 2.45) is 5.10 Å². The zero-order valence-electron chi connectivity index (χ0n) is 19.2. The predicted molar refractivity (Wildman–Crippen MR) is 139 cm³/mol. The maximum absolute atomic E-state index is 12.9. The number of carbonyl (C=O) groups is 1. The number of hydrazone groups is 1. The summed E-state index contributed by atoms with van der Waals surface area (Å²) in [6.45, 7) is 2.17. The van der Waals surface area contributed by atoms with E-state index in [1.807, 2.05) is 42.6 Å². The Kier molecular flexibility index (Phi) is 6.79. The summed E-state index contributed by atoms with van der Waals surface area (Å²) in [6.07, 6.45) is 3.36. The van der Waals surface area contributed by atoms with Crippen LogP contribution in [0.25, 0.3) is 17.1 Å². The van der Waals surface area contributed by atoms with Gasteiger partial charge in [-0.05, 0) is 47.1 Å². The van der Waals surface area contributed by atoms with E-state index >= 15 is 0 Å². The van der Waals surface area contributed by atoms with Crippen LogP contribution < -0.4 is 11.2 Å². The molecule has 3 aromatic heterocycles. The molecule has 0 unspecified atom stereocenters.